The number of aromatic nitrogens is 2. The Morgan fingerprint density at radius 1 is 1.22 bits per heavy atom. The van der Waals surface area contributed by atoms with Crippen LogP contribution in [0.15, 0.2) is 16.7 Å². The van der Waals surface area contributed by atoms with Gasteiger partial charge in [-0.15, -0.1) is 9.81 Å². The molecular formula is C11H16N4O6S2. The van der Waals surface area contributed by atoms with Crippen LogP contribution in [0.4, 0.5) is 10.6 Å². The Labute approximate surface area is 139 Å². The second kappa shape index (κ2) is 11.7. The first-order chi connectivity index (χ1) is 11.2. The molecule has 0 amide bonds. The minimum Gasteiger partial charge on any atom is -0.433 e. The van der Waals surface area contributed by atoms with Gasteiger partial charge in [0, 0.05) is 11.5 Å². The van der Waals surface area contributed by atoms with E-state index in [0.29, 0.717) is 17.3 Å². The molecule has 0 aliphatic heterocycles. The van der Waals surface area contributed by atoms with E-state index in [-0.39, 0.29) is 32.2 Å². The van der Waals surface area contributed by atoms with Gasteiger partial charge in [0.1, 0.15) is 25.6 Å². The monoisotopic (exact) mass is 364 g/mol. The number of nitrogens with zero attached hydrogens (tertiary/aromatic N) is 4. The van der Waals surface area contributed by atoms with Crippen molar-refractivity contribution in [3.63, 3.8) is 0 Å². The minimum atomic E-state index is -0.775. The maximum absolute atomic E-state index is 11.3. The second-order valence-corrected chi connectivity index (χ2v) is 6.61. The molecule has 0 unspecified atom stereocenters. The Hall–Kier alpha value is -1.82. The van der Waals surface area contributed by atoms with Crippen LogP contribution in [-0.2, 0) is 20.9 Å². The molecule has 0 aromatic carbocycles. The van der Waals surface area contributed by atoms with Gasteiger partial charge >= 0.3 is 6.16 Å². The molecule has 0 bridgehead atoms. The summed E-state index contributed by atoms with van der Waals surface area (Å²) in [6, 6.07) is 0. The van der Waals surface area contributed by atoms with Crippen molar-refractivity contribution in [2.75, 3.05) is 31.3 Å². The van der Waals surface area contributed by atoms with Crippen LogP contribution in [0.1, 0.15) is 5.82 Å². The van der Waals surface area contributed by atoms with Crippen LogP contribution in [0.5, 0.6) is 0 Å². The van der Waals surface area contributed by atoms with Crippen LogP contribution in [0.3, 0.4) is 0 Å². The van der Waals surface area contributed by atoms with Crippen molar-refractivity contribution in [3.05, 3.63) is 21.8 Å². The molecule has 128 valence electrons. The van der Waals surface area contributed by atoms with Gasteiger partial charge in [-0.3, -0.25) is 0 Å². The molecule has 10 nitrogen and oxygen atoms in total. The molecule has 0 spiro atoms. The molecule has 12 heteroatoms. The molecule has 0 aliphatic rings. The third-order valence-corrected chi connectivity index (χ3v) is 4.78. The van der Waals surface area contributed by atoms with Gasteiger partial charge in [-0.25, -0.2) is 9.78 Å². The fourth-order valence-electron chi connectivity index (χ4n) is 1.45. The number of aryl methyl sites for hydroxylation is 1. The lowest BCUT2D eigenvalue weighted by molar-refractivity contribution is 0.0574. The van der Waals surface area contributed by atoms with Gasteiger partial charge in [-0.05, 0) is 12.1 Å². The second-order valence-electron chi connectivity index (χ2n) is 3.91. The highest BCUT2D eigenvalue weighted by Crippen LogP contribution is 2.20. The summed E-state index contributed by atoms with van der Waals surface area (Å²) in [5.41, 5.74) is 0. The normalized spacial score (nSPS) is 10.1. The van der Waals surface area contributed by atoms with Crippen LogP contribution < -0.4 is 0 Å². The first-order valence-corrected chi connectivity index (χ1v) is 9.02. The van der Waals surface area contributed by atoms with Gasteiger partial charge in [-0.2, -0.15) is 0 Å². The predicted molar refractivity (Wildman–Crippen MR) is 86.4 cm³/mol. The van der Waals surface area contributed by atoms with E-state index in [9.17, 15) is 14.6 Å². The van der Waals surface area contributed by atoms with Crippen molar-refractivity contribution in [1.82, 2.24) is 9.55 Å². The summed E-state index contributed by atoms with van der Waals surface area (Å²) >= 11 is 0. The van der Waals surface area contributed by atoms with Gasteiger partial charge in [-0.1, -0.05) is 21.6 Å². The largest absolute Gasteiger partial charge is 0.508 e. The van der Waals surface area contributed by atoms with Crippen molar-refractivity contribution in [1.29, 1.82) is 0 Å². The molecule has 23 heavy (non-hydrogen) atoms. The topological polar surface area (TPSA) is 121 Å². The van der Waals surface area contributed by atoms with E-state index in [1.165, 1.54) is 27.8 Å². The zero-order valence-corrected chi connectivity index (χ0v) is 14.0. The number of ether oxygens (including phenoxy) is 2. The summed E-state index contributed by atoms with van der Waals surface area (Å²) < 4.78 is 11.3. The lowest BCUT2D eigenvalue weighted by Gasteiger charge is -2.08. The standard InChI is InChI=1S/C11H16N4O6S2/c1-9-12-8-10(13-17)15(9)2-3-19-11(16)20-4-6-22-23-7-5-21-14-18/h8H,2-7H2,1H3. The summed E-state index contributed by atoms with van der Waals surface area (Å²) in [6.07, 6.45) is 0.577. The molecule has 0 saturated carbocycles. The van der Waals surface area contributed by atoms with Gasteiger partial charge in [0.15, 0.2) is 11.2 Å². The lowest BCUT2D eigenvalue weighted by atomic mass is 10.6. The van der Waals surface area contributed by atoms with Gasteiger partial charge in [0.2, 0.25) is 0 Å². The molecule has 0 radical (unpaired) electrons. The Bertz CT molecular complexity index is 513. The number of hydrogen-bond donors (Lipinski definition) is 0. The third kappa shape index (κ3) is 7.83. The van der Waals surface area contributed by atoms with Crippen molar-refractivity contribution in [2.24, 2.45) is 10.5 Å². The third-order valence-electron chi connectivity index (χ3n) is 2.44. The zero-order chi connectivity index (χ0) is 16.9. The van der Waals surface area contributed by atoms with Gasteiger partial charge in [0.05, 0.1) is 12.7 Å². The highest BCUT2D eigenvalue weighted by molar-refractivity contribution is 8.76. The number of nitroso groups, excluding NO2 is 1. The molecule has 0 fully saturated rings. The molecule has 1 heterocycles. The van der Waals surface area contributed by atoms with Crippen LogP contribution in [-0.4, -0.2) is 47.0 Å². The molecule has 1 rings (SSSR count). The number of carbonyl (C=O) groups is 1. The summed E-state index contributed by atoms with van der Waals surface area (Å²) in [6.45, 7) is 2.50. The maximum Gasteiger partial charge on any atom is 0.508 e. The molecule has 0 aliphatic carbocycles. The average Bonchev–Trinajstić information content (AvgIpc) is 2.90. The summed E-state index contributed by atoms with van der Waals surface area (Å²) in [7, 11) is 2.95. The van der Waals surface area contributed by atoms with E-state index >= 15 is 0 Å². The zero-order valence-electron chi connectivity index (χ0n) is 12.4. The van der Waals surface area contributed by atoms with E-state index in [2.05, 4.69) is 20.3 Å². The van der Waals surface area contributed by atoms with Crippen LogP contribution in [0.2, 0.25) is 0 Å². The number of carbonyl (C=O) groups excluding carboxylic acids is 1. The quantitative estimate of drug-likeness (QED) is 0.181. The van der Waals surface area contributed by atoms with Crippen molar-refractivity contribution >= 4 is 33.6 Å². The van der Waals surface area contributed by atoms with Gasteiger partial charge < -0.3 is 18.9 Å². The average molecular weight is 364 g/mol. The Balaban J connectivity index is 2.05. The molecular weight excluding hydrogens is 348 g/mol. The first kappa shape index (κ1) is 19.2. The summed E-state index contributed by atoms with van der Waals surface area (Å²) in [5, 5.41) is 5.10. The summed E-state index contributed by atoms with van der Waals surface area (Å²) in [4.78, 5) is 39.8. The van der Waals surface area contributed by atoms with Crippen molar-refractivity contribution < 1.29 is 19.1 Å². The Morgan fingerprint density at radius 3 is 2.61 bits per heavy atom. The minimum absolute atomic E-state index is 0.0521. The van der Waals surface area contributed by atoms with E-state index in [1.807, 2.05) is 0 Å². The molecule has 1 aromatic rings. The van der Waals surface area contributed by atoms with Crippen LogP contribution >= 0.6 is 21.6 Å². The summed E-state index contributed by atoms with van der Waals surface area (Å²) in [5.74, 6) is 1.98. The highest BCUT2D eigenvalue weighted by atomic mass is 33.1. The van der Waals surface area contributed by atoms with Crippen molar-refractivity contribution in [2.45, 2.75) is 13.5 Å². The molecule has 1 aromatic heterocycles. The fourth-order valence-corrected chi connectivity index (χ4v) is 3.10. The van der Waals surface area contributed by atoms with Crippen molar-refractivity contribution in [3.8, 4) is 0 Å². The molecule has 0 atom stereocenters. The maximum atomic E-state index is 11.3. The Kier molecular flexibility index (Phi) is 9.79. The van der Waals surface area contributed by atoms with E-state index in [1.54, 1.807) is 11.5 Å². The fraction of sp³-hybridized carbons (Fsp3) is 0.636. The Morgan fingerprint density at radius 2 is 1.91 bits per heavy atom. The first-order valence-electron chi connectivity index (χ1n) is 6.53. The van der Waals surface area contributed by atoms with Crippen LogP contribution in [0.25, 0.3) is 0 Å². The van der Waals surface area contributed by atoms with E-state index in [4.69, 9.17) is 9.47 Å². The predicted octanol–water partition coefficient (Wildman–Crippen LogP) is 2.82. The molecule has 0 N–H and O–H groups in total. The van der Waals surface area contributed by atoms with Gasteiger partial charge in [0.25, 0.3) is 0 Å². The van der Waals surface area contributed by atoms with E-state index in [0.717, 1.165) is 0 Å². The SMILES string of the molecule is Cc1ncc(N=O)n1CCOC(=O)OCCSSCCON=O. The number of hydrogen-bond acceptors (Lipinski definition) is 11. The number of imidazole rings is 1. The highest BCUT2D eigenvalue weighted by Gasteiger charge is 2.09. The smallest absolute Gasteiger partial charge is 0.433 e. The van der Waals surface area contributed by atoms with Crippen LogP contribution in [0, 0.1) is 16.7 Å². The number of rotatable bonds is 12. The lowest BCUT2D eigenvalue weighted by Crippen LogP contribution is -2.14. The van der Waals surface area contributed by atoms with E-state index < -0.39 is 6.16 Å². The molecule has 0 saturated heterocycles.